The lowest BCUT2D eigenvalue weighted by atomic mass is 10.1. The van der Waals surface area contributed by atoms with Gasteiger partial charge in [0.15, 0.2) is 0 Å². The minimum absolute atomic E-state index is 0.414. The number of rotatable bonds is 2. The molecule has 4 nitrogen and oxygen atoms in total. The van der Waals surface area contributed by atoms with Crippen LogP contribution in [-0.2, 0) is 0 Å². The van der Waals surface area contributed by atoms with Crippen molar-refractivity contribution in [2.24, 2.45) is 0 Å². The van der Waals surface area contributed by atoms with E-state index in [0.29, 0.717) is 17.1 Å². The summed E-state index contributed by atoms with van der Waals surface area (Å²) in [5.41, 5.74) is 0.890. The summed E-state index contributed by atoms with van der Waals surface area (Å²) in [6.07, 6.45) is 2.35. The molecule has 0 bridgehead atoms. The molecule has 1 atom stereocenters. The highest BCUT2D eigenvalue weighted by Gasteiger charge is 2.13. The minimum atomic E-state index is 0.414. The first-order chi connectivity index (χ1) is 7.24. The van der Waals surface area contributed by atoms with Crippen molar-refractivity contribution in [1.82, 2.24) is 15.3 Å². The van der Waals surface area contributed by atoms with Crippen LogP contribution in [0.15, 0.2) is 6.07 Å². The lowest BCUT2D eigenvalue weighted by molar-refractivity contribution is 0.478. The Bertz CT molecular complexity index is 316. The van der Waals surface area contributed by atoms with Crippen molar-refractivity contribution in [1.29, 1.82) is 0 Å². The maximum Gasteiger partial charge on any atom is 0.224 e. The monoisotopic (exact) mass is 226 g/mol. The Kier molecular flexibility index (Phi) is 3.38. The van der Waals surface area contributed by atoms with Crippen molar-refractivity contribution in [3.63, 3.8) is 0 Å². The van der Waals surface area contributed by atoms with E-state index < -0.39 is 0 Å². The first-order valence-corrected chi connectivity index (χ1v) is 5.60. The zero-order valence-electron chi connectivity index (χ0n) is 8.76. The van der Waals surface area contributed by atoms with Crippen LogP contribution in [0.25, 0.3) is 0 Å². The molecule has 1 unspecified atom stereocenters. The molecule has 1 aliphatic heterocycles. The first-order valence-electron chi connectivity index (χ1n) is 5.22. The molecular formula is C10H15ClN4. The Labute approximate surface area is 94.5 Å². The number of aromatic nitrogens is 2. The van der Waals surface area contributed by atoms with Gasteiger partial charge in [-0.25, -0.2) is 9.97 Å². The molecule has 15 heavy (non-hydrogen) atoms. The average Bonchev–Trinajstić information content (AvgIpc) is 2.17. The van der Waals surface area contributed by atoms with Gasteiger partial charge < -0.3 is 10.6 Å². The number of aryl methyl sites for hydroxylation is 1. The standard InChI is InChI=1S/C10H15ClN4/c1-7-5-9(11)15-10(13-7)14-8-3-2-4-12-6-8/h5,8,12H,2-4,6H2,1H3,(H,13,14,15). The predicted octanol–water partition coefficient (Wildman–Crippen LogP) is 1.60. The van der Waals surface area contributed by atoms with Crippen molar-refractivity contribution in [3.8, 4) is 0 Å². The SMILES string of the molecule is Cc1cc(Cl)nc(NC2CCCNC2)n1. The first kappa shape index (κ1) is 10.6. The summed E-state index contributed by atoms with van der Waals surface area (Å²) in [7, 11) is 0. The summed E-state index contributed by atoms with van der Waals surface area (Å²) in [5, 5.41) is 7.12. The molecule has 0 saturated carbocycles. The molecule has 0 aromatic carbocycles. The summed E-state index contributed by atoms with van der Waals surface area (Å²) in [4.78, 5) is 8.44. The van der Waals surface area contributed by atoms with E-state index in [-0.39, 0.29) is 0 Å². The maximum atomic E-state index is 5.86. The van der Waals surface area contributed by atoms with E-state index in [1.54, 1.807) is 6.07 Å². The third-order valence-corrected chi connectivity index (χ3v) is 2.65. The summed E-state index contributed by atoms with van der Waals surface area (Å²) in [6.45, 7) is 3.99. The third kappa shape index (κ3) is 3.04. The summed E-state index contributed by atoms with van der Waals surface area (Å²) >= 11 is 5.86. The van der Waals surface area contributed by atoms with Crippen molar-refractivity contribution >= 4 is 17.5 Å². The van der Waals surface area contributed by atoms with Crippen LogP contribution in [-0.4, -0.2) is 29.1 Å². The number of nitrogens with zero attached hydrogens (tertiary/aromatic N) is 2. The molecule has 1 aromatic heterocycles. The highest BCUT2D eigenvalue weighted by Crippen LogP contribution is 2.12. The lowest BCUT2D eigenvalue weighted by Crippen LogP contribution is -2.38. The Morgan fingerprint density at radius 1 is 1.53 bits per heavy atom. The van der Waals surface area contributed by atoms with Gasteiger partial charge in [-0.15, -0.1) is 0 Å². The zero-order valence-corrected chi connectivity index (χ0v) is 9.51. The van der Waals surface area contributed by atoms with Crippen LogP contribution in [0.2, 0.25) is 5.15 Å². The van der Waals surface area contributed by atoms with Gasteiger partial charge in [0.25, 0.3) is 0 Å². The van der Waals surface area contributed by atoms with Crippen LogP contribution in [0.4, 0.5) is 5.95 Å². The minimum Gasteiger partial charge on any atom is -0.350 e. The molecule has 82 valence electrons. The van der Waals surface area contributed by atoms with Crippen LogP contribution in [0.3, 0.4) is 0 Å². The largest absolute Gasteiger partial charge is 0.350 e. The van der Waals surface area contributed by atoms with Crippen LogP contribution in [0.5, 0.6) is 0 Å². The number of nitrogens with one attached hydrogen (secondary N) is 2. The second-order valence-electron chi connectivity index (χ2n) is 3.84. The summed E-state index contributed by atoms with van der Waals surface area (Å²) in [5.74, 6) is 0.633. The number of halogens is 1. The van der Waals surface area contributed by atoms with Gasteiger partial charge in [0, 0.05) is 18.3 Å². The highest BCUT2D eigenvalue weighted by atomic mass is 35.5. The predicted molar refractivity (Wildman–Crippen MR) is 61.3 cm³/mol. The maximum absolute atomic E-state index is 5.86. The van der Waals surface area contributed by atoms with E-state index >= 15 is 0 Å². The summed E-state index contributed by atoms with van der Waals surface area (Å²) < 4.78 is 0. The van der Waals surface area contributed by atoms with Crippen molar-refractivity contribution in [3.05, 3.63) is 16.9 Å². The van der Waals surface area contributed by atoms with Gasteiger partial charge in [-0.2, -0.15) is 0 Å². The van der Waals surface area contributed by atoms with Crippen LogP contribution in [0.1, 0.15) is 18.5 Å². The second kappa shape index (κ2) is 4.77. The van der Waals surface area contributed by atoms with E-state index in [1.807, 2.05) is 6.92 Å². The van der Waals surface area contributed by atoms with Gasteiger partial charge in [-0.3, -0.25) is 0 Å². The average molecular weight is 227 g/mol. The molecule has 0 radical (unpaired) electrons. The van der Waals surface area contributed by atoms with E-state index in [4.69, 9.17) is 11.6 Å². The second-order valence-corrected chi connectivity index (χ2v) is 4.23. The highest BCUT2D eigenvalue weighted by molar-refractivity contribution is 6.29. The van der Waals surface area contributed by atoms with E-state index in [0.717, 1.165) is 25.2 Å². The fourth-order valence-corrected chi connectivity index (χ4v) is 1.99. The molecule has 1 aliphatic rings. The van der Waals surface area contributed by atoms with Crippen molar-refractivity contribution < 1.29 is 0 Å². The molecule has 1 saturated heterocycles. The van der Waals surface area contributed by atoms with Crippen LogP contribution < -0.4 is 10.6 Å². The van der Waals surface area contributed by atoms with Gasteiger partial charge in [0.2, 0.25) is 5.95 Å². The third-order valence-electron chi connectivity index (χ3n) is 2.45. The van der Waals surface area contributed by atoms with Crippen LogP contribution >= 0.6 is 11.6 Å². The molecule has 2 N–H and O–H groups in total. The van der Waals surface area contributed by atoms with Gasteiger partial charge in [0.1, 0.15) is 5.15 Å². The van der Waals surface area contributed by atoms with Crippen molar-refractivity contribution in [2.45, 2.75) is 25.8 Å². The quantitative estimate of drug-likeness (QED) is 0.753. The molecular weight excluding hydrogens is 212 g/mol. The van der Waals surface area contributed by atoms with Crippen LogP contribution in [0, 0.1) is 6.92 Å². The smallest absolute Gasteiger partial charge is 0.224 e. The van der Waals surface area contributed by atoms with E-state index in [1.165, 1.54) is 6.42 Å². The van der Waals surface area contributed by atoms with Gasteiger partial charge >= 0.3 is 0 Å². The molecule has 0 aliphatic carbocycles. The number of piperidine rings is 1. The Morgan fingerprint density at radius 2 is 2.40 bits per heavy atom. The Hall–Kier alpha value is -0.870. The Balaban J connectivity index is 2.02. The topological polar surface area (TPSA) is 49.8 Å². The molecule has 2 rings (SSSR count). The molecule has 1 aromatic rings. The van der Waals surface area contributed by atoms with Gasteiger partial charge in [-0.1, -0.05) is 11.6 Å². The number of hydrogen-bond donors (Lipinski definition) is 2. The normalized spacial score (nSPS) is 21.3. The zero-order chi connectivity index (χ0) is 10.7. The number of hydrogen-bond acceptors (Lipinski definition) is 4. The van der Waals surface area contributed by atoms with E-state index in [9.17, 15) is 0 Å². The lowest BCUT2D eigenvalue weighted by Gasteiger charge is -2.23. The molecule has 2 heterocycles. The van der Waals surface area contributed by atoms with Gasteiger partial charge in [-0.05, 0) is 32.4 Å². The Morgan fingerprint density at radius 3 is 3.07 bits per heavy atom. The fourth-order valence-electron chi connectivity index (χ4n) is 1.75. The van der Waals surface area contributed by atoms with Gasteiger partial charge in [0.05, 0.1) is 0 Å². The molecule has 0 amide bonds. The molecule has 5 heteroatoms. The number of anilines is 1. The molecule has 1 fully saturated rings. The van der Waals surface area contributed by atoms with Crippen molar-refractivity contribution in [2.75, 3.05) is 18.4 Å². The van der Waals surface area contributed by atoms with E-state index in [2.05, 4.69) is 20.6 Å². The molecule has 0 spiro atoms. The summed E-state index contributed by atoms with van der Waals surface area (Å²) in [6, 6.07) is 2.17. The fraction of sp³-hybridized carbons (Fsp3) is 0.600.